The van der Waals surface area contributed by atoms with Crippen LogP contribution in [0.4, 0.5) is 8.78 Å². The average molecular weight is 360 g/mol. The maximum atomic E-state index is 13.6. The van der Waals surface area contributed by atoms with Crippen LogP contribution in [0.3, 0.4) is 0 Å². The molecule has 0 aliphatic carbocycles. The van der Waals surface area contributed by atoms with Crippen LogP contribution < -0.4 is 5.32 Å². The Hall–Kier alpha value is -2.76. The Morgan fingerprint density at radius 2 is 1.81 bits per heavy atom. The van der Waals surface area contributed by atoms with Crippen LogP contribution in [0.1, 0.15) is 18.1 Å². The highest BCUT2D eigenvalue weighted by atomic mass is 19.1. The van der Waals surface area contributed by atoms with E-state index < -0.39 is 0 Å². The number of hydrogen-bond donors (Lipinski definition) is 1. The molecule has 26 heavy (non-hydrogen) atoms. The van der Waals surface area contributed by atoms with Gasteiger partial charge in [0.2, 0.25) is 11.8 Å². The van der Waals surface area contributed by atoms with Gasteiger partial charge in [0.25, 0.3) is 0 Å². The van der Waals surface area contributed by atoms with Crippen LogP contribution in [-0.4, -0.2) is 36.3 Å². The molecule has 0 spiro atoms. The number of carbonyl (C=O) groups excluding carboxylic acids is 2. The molecular weight excluding hydrogens is 338 g/mol. The quantitative estimate of drug-likeness (QED) is 0.787. The summed E-state index contributed by atoms with van der Waals surface area (Å²) in [6.07, 6.45) is 0.483. The van der Waals surface area contributed by atoms with Gasteiger partial charge in [-0.25, -0.2) is 8.78 Å². The molecule has 2 rings (SSSR count). The van der Waals surface area contributed by atoms with Crippen molar-refractivity contribution in [1.82, 2.24) is 10.2 Å². The van der Waals surface area contributed by atoms with Crippen molar-refractivity contribution in [3.8, 4) is 0 Å². The van der Waals surface area contributed by atoms with E-state index in [4.69, 9.17) is 0 Å². The SMILES string of the molecule is CC(=O)N(CCNC(=O)Cc1cccc(F)c1)CCc1ccccc1F. The Morgan fingerprint density at radius 3 is 2.50 bits per heavy atom. The van der Waals surface area contributed by atoms with Crippen LogP contribution >= 0.6 is 0 Å². The molecule has 0 fully saturated rings. The summed E-state index contributed by atoms with van der Waals surface area (Å²) in [4.78, 5) is 25.2. The van der Waals surface area contributed by atoms with Gasteiger partial charge in [-0.05, 0) is 35.7 Å². The first-order valence-electron chi connectivity index (χ1n) is 8.46. The van der Waals surface area contributed by atoms with Gasteiger partial charge in [-0.1, -0.05) is 30.3 Å². The lowest BCUT2D eigenvalue weighted by Crippen LogP contribution is -2.39. The van der Waals surface area contributed by atoms with Crippen molar-refractivity contribution < 1.29 is 18.4 Å². The van der Waals surface area contributed by atoms with E-state index >= 15 is 0 Å². The fourth-order valence-electron chi connectivity index (χ4n) is 2.61. The van der Waals surface area contributed by atoms with Crippen molar-refractivity contribution in [2.24, 2.45) is 0 Å². The largest absolute Gasteiger partial charge is 0.354 e. The summed E-state index contributed by atoms with van der Waals surface area (Å²) in [6, 6.07) is 12.3. The Kier molecular flexibility index (Phi) is 7.26. The van der Waals surface area contributed by atoms with Crippen LogP contribution in [0.5, 0.6) is 0 Å². The van der Waals surface area contributed by atoms with E-state index in [1.54, 1.807) is 35.2 Å². The van der Waals surface area contributed by atoms with Crippen LogP contribution in [0, 0.1) is 11.6 Å². The summed E-state index contributed by atoms with van der Waals surface area (Å²) in [5, 5.41) is 2.72. The van der Waals surface area contributed by atoms with Gasteiger partial charge in [-0.15, -0.1) is 0 Å². The highest BCUT2D eigenvalue weighted by Gasteiger charge is 2.11. The van der Waals surface area contributed by atoms with Crippen molar-refractivity contribution in [3.63, 3.8) is 0 Å². The first kappa shape index (κ1) is 19.6. The van der Waals surface area contributed by atoms with Crippen LogP contribution in [0.15, 0.2) is 48.5 Å². The van der Waals surface area contributed by atoms with E-state index in [1.165, 1.54) is 25.1 Å². The van der Waals surface area contributed by atoms with E-state index in [1.807, 2.05) is 0 Å². The predicted octanol–water partition coefficient (Wildman–Crippen LogP) is 2.71. The second-order valence-corrected chi connectivity index (χ2v) is 6.00. The molecule has 0 aliphatic rings. The molecule has 1 N–H and O–H groups in total. The second kappa shape index (κ2) is 9.65. The van der Waals surface area contributed by atoms with Crippen LogP contribution in [-0.2, 0) is 22.4 Å². The van der Waals surface area contributed by atoms with Gasteiger partial charge >= 0.3 is 0 Å². The molecule has 0 bridgehead atoms. The molecule has 6 heteroatoms. The number of carbonyl (C=O) groups is 2. The molecule has 138 valence electrons. The molecule has 2 amide bonds. The van der Waals surface area contributed by atoms with E-state index in [-0.39, 0.29) is 36.4 Å². The number of nitrogens with zero attached hydrogens (tertiary/aromatic N) is 1. The zero-order chi connectivity index (χ0) is 18.9. The molecule has 0 unspecified atom stereocenters. The summed E-state index contributed by atoms with van der Waals surface area (Å²) < 4.78 is 26.8. The summed E-state index contributed by atoms with van der Waals surface area (Å²) in [5.41, 5.74) is 1.14. The highest BCUT2D eigenvalue weighted by Crippen LogP contribution is 2.08. The molecule has 0 aliphatic heterocycles. The fraction of sp³-hybridized carbons (Fsp3) is 0.300. The molecule has 0 aromatic heterocycles. The van der Waals surface area contributed by atoms with Gasteiger partial charge in [0, 0.05) is 26.6 Å². The normalized spacial score (nSPS) is 10.4. The number of benzene rings is 2. The molecule has 0 radical (unpaired) electrons. The zero-order valence-corrected chi connectivity index (χ0v) is 14.7. The van der Waals surface area contributed by atoms with Gasteiger partial charge in [-0.2, -0.15) is 0 Å². The maximum absolute atomic E-state index is 13.6. The molecular formula is C20H22F2N2O2. The monoisotopic (exact) mass is 360 g/mol. The van der Waals surface area contributed by atoms with Gasteiger partial charge < -0.3 is 10.2 Å². The third-order valence-corrected chi connectivity index (χ3v) is 4.01. The van der Waals surface area contributed by atoms with Crippen molar-refractivity contribution >= 4 is 11.8 Å². The van der Waals surface area contributed by atoms with E-state index in [9.17, 15) is 18.4 Å². The number of amides is 2. The smallest absolute Gasteiger partial charge is 0.224 e. The Morgan fingerprint density at radius 1 is 1.04 bits per heavy atom. The third kappa shape index (κ3) is 6.27. The maximum Gasteiger partial charge on any atom is 0.224 e. The first-order chi connectivity index (χ1) is 12.5. The van der Waals surface area contributed by atoms with Gasteiger partial charge in [-0.3, -0.25) is 9.59 Å². The minimum absolute atomic E-state index is 0.0764. The molecule has 0 saturated carbocycles. The van der Waals surface area contributed by atoms with Gasteiger partial charge in [0.15, 0.2) is 0 Å². The lowest BCUT2D eigenvalue weighted by molar-refractivity contribution is -0.129. The minimum atomic E-state index is -0.383. The molecule has 0 heterocycles. The zero-order valence-electron chi connectivity index (χ0n) is 14.7. The summed E-state index contributed by atoms with van der Waals surface area (Å²) in [6.45, 7) is 2.43. The topological polar surface area (TPSA) is 49.4 Å². The lowest BCUT2D eigenvalue weighted by atomic mass is 10.1. The first-order valence-corrected chi connectivity index (χ1v) is 8.46. The Balaban J connectivity index is 1.78. The van der Waals surface area contributed by atoms with Crippen LogP contribution in [0.2, 0.25) is 0 Å². The highest BCUT2D eigenvalue weighted by molar-refractivity contribution is 5.78. The average Bonchev–Trinajstić information content (AvgIpc) is 2.59. The van der Waals surface area contributed by atoms with Crippen molar-refractivity contribution in [2.75, 3.05) is 19.6 Å². The Labute approximate surface area is 151 Å². The third-order valence-electron chi connectivity index (χ3n) is 4.01. The lowest BCUT2D eigenvalue weighted by Gasteiger charge is -2.21. The molecule has 0 saturated heterocycles. The standard InChI is InChI=1S/C20H22F2N2O2/c1-15(25)24(11-9-17-6-2-3-8-19(17)22)12-10-23-20(26)14-16-5-4-7-18(21)13-16/h2-8,13H,9-12,14H2,1H3,(H,23,26). The van der Waals surface area contributed by atoms with Crippen molar-refractivity contribution in [2.45, 2.75) is 19.8 Å². The van der Waals surface area contributed by atoms with Crippen molar-refractivity contribution in [3.05, 3.63) is 71.3 Å². The fourth-order valence-corrected chi connectivity index (χ4v) is 2.61. The Bertz CT molecular complexity index is 765. The molecule has 4 nitrogen and oxygen atoms in total. The molecule has 2 aromatic rings. The number of hydrogen-bond acceptors (Lipinski definition) is 2. The summed E-state index contributed by atoms with van der Waals surface area (Å²) in [7, 11) is 0. The summed E-state index contributed by atoms with van der Waals surface area (Å²) in [5.74, 6) is -1.06. The molecule has 0 atom stereocenters. The van der Waals surface area contributed by atoms with Crippen molar-refractivity contribution in [1.29, 1.82) is 0 Å². The van der Waals surface area contributed by atoms with E-state index in [2.05, 4.69) is 5.32 Å². The number of halogens is 2. The van der Waals surface area contributed by atoms with Crippen LogP contribution in [0.25, 0.3) is 0 Å². The second-order valence-electron chi connectivity index (χ2n) is 6.00. The number of nitrogens with one attached hydrogen (secondary N) is 1. The van der Waals surface area contributed by atoms with E-state index in [0.29, 0.717) is 30.6 Å². The number of rotatable bonds is 8. The van der Waals surface area contributed by atoms with Gasteiger partial charge in [0.1, 0.15) is 11.6 Å². The molecule has 2 aromatic carbocycles. The summed E-state index contributed by atoms with van der Waals surface area (Å²) >= 11 is 0. The predicted molar refractivity (Wildman–Crippen MR) is 95.5 cm³/mol. The van der Waals surface area contributed by atoms with Gasteiger partial charge in [0.05, 0.1) is 6.42 Å². The minimum Gasteiger partial charge on any atom is -0.354 e. The van der Waals surface area contributed by atoms with E-state index in [0.717, 1.165) is 0 Å².